The van der Waals surface area contributed by atoms with Gasteiger partial charge in [0.1, 0.15) is 0 Å². The Morgan fingerprint density at radius 2 is 0.871 bits per heavy atom. The number of para-hydroxylation sites is 2. The van der Waals surface area contributed by atoms with E-state index in [4.69, 9.17) is 15.1 Å². The lowest BCUT2D eigenvalue weighted by Gasteiger charge is -2.18. The van der Waals surface area contributed by atoms with E-state index < -0.39 is 0 Å². The van der Waals surface area contributed by atoms with Crippen molar-refractivity contribution >= 4 is 38.1 Å². The first-order valence-electron chi connectivity index (χ1n) is 20.9. The molecule has 4 heterocycles. The fourth-order valence-corrected chi connectivity index (χ4v) is 9.18. The molecule has 0 N–H and O–H groups in total. The average Bonchev–Trinajstić information content (AvgIpc) is 3.95. The summed E-state index contributed by atoms with van der Waals surface area (Å²) in [4.78, 5) is 10.5. The Bertz CT molecular complexity index is 3550. The normalized spacial score (nSPS) is 11.5. The van der Waals surface area contributed by atoms with Crippen LogP contribution in [-0.4, -0.2) is 24.1 Å². The number of rotatable bonds is 7. The third-order valence-electron chi connectivity index (χ3n) is 12.0. The largest absolute Gasteiger partial charge is 0.309 e. The lowest BCUT2D eigenvalue weighted by molar-refractivity contribution is 0.976. The summed E-state index contributed by atoms with van der Waals surface area (Å²) in [7, 11) is 0. The van der Waals surface area contributed by atoms with Gasteiger partial charge in [-0.2, -0.15) is 5.10 Å². The number of benzene rings is 8. The maximum Gasteiger partial charge on any atom is 0.160 e. The first kappa shape index (κ1) is 35.5. The van der Waals surface area contributed by atoms with Gasteiger partial charge in [-0.15, -0.1) is 0 Å². The Labute approximate surface area is 358 Å². The number of fused-ring (bicyclic) bond motifs is 6. The molecule has 5 nitrogen and oxygen atoms in total. The van der Waals surface area contributed by atoms with Gasteiger partial charge in [-0.25, -0.2) is 14.5 Å². The van der Waals surface area contributed by atoms with Crippen molar-refractivity contribution in [2.75, 3.05) is 0 Å². The van der Waals surface area contributed by atoms with Crippen LogP contribution < -0.4 is 0 Å². The molecule has 12 aromatic rings. The molecule has 0 fully saturated rings. The van der Waals surface area contributed by atoms with Crippen molar-refractivity contribution in [3.8, 4) is 73.1 Å². The second kappa shape index (κ2) is 14.7. The van der Waals surface area contributed by atoms with Crippen LogP contribution in [0, 0.1) is 0 Å². The number of hydrogen-bond donors (Lipinski definition) is 0. The fraction of sp³-hybridized carbons (Fsp3) is 0. The summed E-state index contributed by atoms with van der Waals surface area (Å²) in [5, 5.41) is 9.91. The predicted molar refractivity (Wildman–Crippen MR) is 255 cm³/mol. The number of hydrogen-bond acceptors (Lipinski definition) is 3. The van der Waals surface area contributed by atoms with E-state index >= 15 is 0 Å². The summed E-state index contributed by atoms with van der Waals surface area (Å²) < 4.78 is 4.48. The molecule has 0 aliphatic heterocycles. The Balaban J connectivity index is 1.03. The van der Waals surface area contributed by atoms with E-state index in [9.17, 15) is 0 Å². The highest BCUT2D eigenvalue weighted by Gasteiger charge is 2.22. The van der Waals surface area contributed by atoms with Crippen molar-refractivity contribution in [3.05, 3.63) is 225 Å². The molecule has 0 spiro atoms. The summed E-state index contributed by atoms with van der Waals surface area (Å²) in [6, 6.07) is 77.0. The predicted octanol–water partition coefficient (Wildman–Crippen LogP) is 14.4. The zero-order valence-electron chi connectivity index (χ0n) is 33.6. The molecule has 62 heavy (non-hydrogen) atoms. The molecule has 8 aromatic carbocycles. The van der Waals surface area contributed by atoms with Crippen molar-refractivity contribution in [3.63, 3.8) is 0 Å². The van der Waals surface area contributed by atoms with E-state index in [1.807, 2.05) is 24.4 Å². The van der Waals surface area contributed by atoms with E-state index in [0.717, 1.165) is 83.6 Å². The third kappa shape index (κ3) is 5.90. The van der Waals surface area contributed by atoms with Gasteiger partial charge in [-0.1, -0.05) is 182 Å². The van der Waals surface area contributed by atoms with Crippen LogP contribution in [0.5, 0.6) is 0 Å². The first-order valence-corrected chi connectivity index (χ1v) is 20.9. The topological polar surface area (TPSA) is 48.0 Å². The lowest BCUT2D eigenvalue weighted by atomic mass is 9.91. The molecule has 0 unspecified atom stereocenters. The molecule has 0 saturated carbocycles. The van der Waals surface area contributed by atoms with Crippen LogP contribution in [-0.2, 0) is 0 Å². The highest BCUT2D eigenvalue weighted by atomic mass is 15.2. The zero-order chi connectivity index (χ0) is 41.0. The standard InChI is InChI=1S/C57H37N5/c1-4-17-38(18-5-1)49-37-58-62-55(40-19-6-2-7-20-40)54(47-27-10-11-28-48(47)56(49)62)43-24-16-23-42(35-43)51-36-50(59-57(60-51)41-21-8-3-9-22-41)39-31-33-44(34-32-39)61-52-29-14-12-25-45(52)46-26-13-15-30-53(46)61/h1-37H. The van der Waals surface area contributed by atoms with Crippen LogP contribution in [0.25, 0.3) is 111 Å². The average molecular weight is 792 g/mol. The molecule has 0 saturated heterocycles. The van der Waals surface area contributed by atoms with Gasteiger partial charge in [0, 0.05) is 55.2 Å². The smallest absolute Gasteiger partial charge is 0.160 e. The molecule has 0 aliphatic carbocycles. The zero-order valence-corrected chi connectivity index (χ0v) is 33.6. The Morgan fingerprint density at radius 3 is 1.53 bits per heavy atom. The molecule has 0 atom stereocenters. The Kier molecular flexibility index (Phi) is 8.42. The Hall–Kier alpha value is -8.41. The molecule has 0 amide bonds. The lowest BCUT2D eigenvalue weighted by Crippen LogP contribution is -2.00. The van der Waals surface area contributed by atoms with E-state index in [1.54, 1.807) is 0 Å². The van der Waals surface area contributed by atoms with E-state index in [1.165, 1.54) is 21.8 Å². The summed E-state index contributed by atoms with van der Waals surface area (Å²) >= 11 is 0. The molecular formula is C57H37N5. The van der Waals surface area contributed by atoms with Crippen LogP contribution in [0.4, 0.5) is 0 Å². The summed E-state index contributed by atoms with van der Waals surface area (Å²) in [6.45, 7) is 0. The van der Waals surface area contributed by atoms with Crippen LogP contribution >= 0.6 is 0 Å². The van der Waals surface area contributed by atoms with E-state index in [2.05, 4.69) is 209 Å². The van der Waals surface area contributed by atoms with Gasteiger partial charge in [-0.05, 0) is 52.9 Å². The molecule has 4 aromatic heterocycles. The van der Waals surface area contributed by atoms with Crippen LogP contribution in [0.2, 0.25) is 0 Å². The van der Waals surface area contributed by atoms with Gasteiger partial charge in [0.05, 0.1) is 39.8 Å². The van der Waals surface area contributed by atoms with Crippen molar-refractivity contribution in [2.45, 2.75) is 0 Å². The van der Waals surface area contributed by atoms with Gasteiger partial charge in [0.2, 0.25) is 0 Å². The van der Waals surface area contributed by atoms with Gasteiger partial charge in [0.25, 0.3) is 0 Å². The van der Waals surface area contributed by atoms with Crippen molar-refractivity contribution < 1.29 is 0 Å². The highest BCUT2D eigenvalue weighted by molar-refractivity contribution is 6.13. The van der Waals surface area contributed by atoms with E-state index in [0.29, 0.717) is 5.82 Å². The van der Waals surface area contributed by atoms with Crippen LogP contribution in [0.15, 0.2) is 225 Å². The molecule has 290 valence electrons. The monoisotopic (exact) mass is 791 g/mol. The second-order valence-electron chi connectivity index (χ2n) is 15.6. The maximum absolute atomic E-state index is 5.26. The van der Waals surface area contributed by atoms with Gasteiger partial charge < -0.3 is 4.57 Å². The van der Waals surface area contributed by atoms with Crippen molar-refractivity contribution in [1.82, 2.24) is 24.1 Å². The molecule has 12 rings (SSSR count). The van der Waals surface area contributed by atoms with Gasteiger partial charge >= 0.3 is 0 Å². The number of aromatic nitrogens is 5. The molecule has 0 aliphatic rings. The summed E-state index contributed by atoms with van der Waals surface area (Å²) in [6.07, 6.45) is 2.01. The number of pyridine rings is 1. The van der Waals surface area contributed by atoms with Gasteiger partial charge in [0.15, 0.2) is 5.82 Å². The molecule has 5 heteroatoms. The van der Waals surface area contributed by atoms with Crippen molar-refractivity contribution in [1.29, 1.82) is 0 Å². The van der Waals surface area contributed by atoms with Crippen LogP contribution in [0.1, 0.15) is 0 Å². The minimum atomic E-state index is 0.678. The maximum atomic E-state index is 5.26. The Morgan fingerprint density at radius 1 is 0.355 bits per heavy atom. The minimum Gasteiger partial charge on any atom is -0.309 e. The fourth-order valence-electron chi connectivity index (χ4n) is 9.18. The number of nitrogens with zero attached hydrogens (tertiary/aromatic N) is 5. The summed E-state index contributed by atoms with van der Waals surface area (Å²) in [5.74, 6) is 0.678. The van der Waals surface area contributed by atoms with Gasteiger partial charge in [-0.3, -0.25) is 0 Å². The van der Waals surface area contributed by atoms with E-state index in [-0.39, 0.29) is 0 Å². The van der Waals surface area contributed by atoms with Crippen LogP contribution in [0.3, 0.4) is 0 Å². The molecule has 0 radical (unpaired) electrons. The quantitative estimate of drug-likeness (QED) is 0.162. The second-order valence-corrected chi connectivity index (χ2v) is 15.6. The third-order valence-corrected chi connectivity index (χ3v) is 12.0. The minimum absolute atomic E-state index is 0.678. The molecular weight excluding hydrogens is 755 g/mol. The molecule has 0 bridgehead atoms. The summed E-state index contributed by atoms with van der Waals surface area (Å²) in [5.41, 5.74) is 15.8. The highest BCUT2D eigenvalue weighted by Crippen LogP contribution is 2.43. The van der Waals surface area contributed by atoms with Crippen molar-refractivity contribution in [2.24, 2.45) is 0 Å². The first-order chi connectivity index (χ1) is 30.8. The SMILES string of the molecule is c1ccc(-c2nc(-c3ccc(-n4c5ccccc5c5ccccc54)cc3)cc(-c3cccc(-c4c(-c5ccccc5)n5ncc(-c6ccccc6)c5c5ccccc45)c3)n2)cc1.